The van der Waals surface area contributed by atoms with Gasteiger partial charge in [-0.1, -0.05) is 0 Å². The van der Waals surface area contributed by atoms with Crippen LogP contribution in [-0.2, 0) is 0 Å². The summed E-state index contributed by atoms with van der Waals surface area (Å²) in [4.78, 5) is 0. The summed E-state index contributed by atoms with van der Waals surface area (Å²) in [6.45, 7) is 0. The minimum atomic E-state index is 0. The average Bonchev–Trinajstić information content (AvgIpc) is 1.81. The van der Waals surface area contributed by atoms with E-state index in [1.54, 1.807) is 0 Å². The molecule has 0 spiro atoms. The SMILES string of the molecule is C[O-].C[O-].C[O-].[Ce+3]. The summed E-state index contributed by atoms with van der Waals surface area (Å²) in [5.74, 6) is 0. The van der Waals surface area contributed by atoms with Crippen LogP contribution in [0.25, 0.3) is 0 Å². The maximum absolute atomic E-state index is 8.25. The summed E-state index contributed by atoms with van der Waals surface area (Å²) < 4.78 is 0. The molecule has 0 aromatic rings. The molecule has 0 fully saturated rings. The van der Waals surface area contributed by atoms with Crippen LogP contribution in [0.4, 0.5) is 0 Å². The van der Waals surface area contributed by atoms with Crippen LogP contribution < -0.4 is 15.3 Å². The molecule has 0 heterocycles. The van der Waals surface area contributed by atoms with Crippen LogP contribution >= 0.6 is 0 Å². The van der Waals surface area contributed by atoms with E-state index in [9.17, 15) is 0 Å². The van der Waals surface area contributed by atoms with Crippen molar-refractivity contribution in [2.75, 3.05) is 21.3 Å². The van der Waals surface area contributed by atoms with Crippen LogP contribution in [0.3, 0.4) is 0 Å². The van der Waals surface area contributed by atoms with E-state index in [0.717, 1.165) is 21.3 Å². The van der Waals surface area contributed by atoms with Gasteiger partial charge in [0.2, 0.25) is 0 Å². The van der Waals surface area contributed by atoms with Gasteiger partial charge in [0.05, 0.1) is 0 Å². The summed E-state index contributed by atoms with van der Waals surface area (Å²) in [7, 11) is 2.25. The summed E-state index contributed by atoms with van der Waals surface area (Å²) in [5, 5.41) is 24.8. The zero-order valence-corrected chi connectivity index (χ0v) is 7.86. The zero-order chi connectivity index (χ0) is 6.00. The number of hydrogen-bond donors (Lipinski definition) is 0. The molecule has 0 unspecified atom stereocenters. The van der Waals surface area contributed by atoms with Gasteiger partial charge in [0, 0.05) is 0 Å². The molecule has 0 N–H and O–H groups in total. The van der Waals surface area contributed by atoms with Gasteiger partial charge in [0.1, 0.15) is 0 Å². The molecule has 7 heavy (non-hydrogen) atoms. The second kappa shape index (κ2) is 180. The molecule has 43 valence electrons. The van der Waals surface area contributed by atoms with Crippen molar-refractivity contribution in [2.24, 2.45) is 0 Å². The Morgan fingerprint density at radius 1 is 0.571 bits per heavy atom. The Kier molecular flexibility index (Phi) is 617. The predicted octanol–water partition coefficient (Wildman–Crippen LogP) is -3.07. The molecule has 0 aliphatic heterocycles. The predicted molar refractivity (Wildman–Crippen MR) is 17.8 cm³/mol. The van der Waals surface area contributed by atoms with E-state index in [2.05, 4.69) is 0 Å². The molecular weight excluding hydrogens is 224 g/mol. The molecule has 0 aliphatic rings. The Labute approximate surface area is 77.7 Å². The Balaban J connectivity index is -0.00000000900. The number of rotatable bonds is 0. The van der Waals surface area contributed by atoms with E-state index in [1.807, 2.05) is 0 Å². The minimum Gasteiger partial charge on any atom is -0.857 e. The second-order valence-corrected chi connectivity index (χ2v) is 0. The van der Waals surface area contributed by atoms with Gasteiger partial charge < -0.3 is 15.3 Å². The maximum atomic E-state index is 8.25. The smallest absolute Gasteiger partial charge is 0.857 e. The Hall–Kier alpha value is 1.26. The fraction of sp³-hybridized carbons (Fsp3) is 1.00. The van der Waals surface area contributed by atoms with Crippen LogP contribution in [0.5, 0.6) is 0 Å². The largest absolute Gasteiger partial charge is 3.00 e. The van der Waals surface area contributed by atoms with Gasteiger partial charge in [0.25, 0.3) is 0 Å². The van der Waals surface area contributed by atoms with Crippen LogP contribution in [0.2, 0.25) is 0 Å². The van der Waals surface area contributed by atoms with Crippen molar-refractivity contribution in [1.82, 2.24) is 0 Å². The third kappa shape index (κ3) is 127. The van der Waals surface area contributed by atoms with Gasteiger partial charge in [-0.2, -0.15) is 21.3 Å². The van der Waals surface area contributed by atoms with Crippen molar-refractivity contribution < 1.29 is 57.1 Å². The van der Waals surface area contributed by atoms with Crippen molar-refractivity contribution in [2.45, 2.75) is 0 Å². The molecule has 4 heteroatoms. The van der Waals surface area contributed by atoms with Crippen molar-refractivity contribution in [1.29, 1.82) is 0 Å². The number of hydrogen-bond acceptors (Lipinski definition) is 3. The summed E-state index contributed by atoms with van der Waals surface area (Å²) >= 11 is 0. The van der Waals surface area contributed by atoms with Crippen molar-refractivity contribution >= 4 is 0 Å². The first-order valence-electron chi connectivity index (χ1n) is 1.22. The standard InChI is InChI=1S/3CH3O.Ce/c3*1-2;/h3*1H3;/q3*-1;+3. The van der Waals surface area contributed by atoms with Crippen molar-refractivity contribution in [3.8, 4) is 0 Å². The van der Waals surface area contributed by atoms with E-state index < -0.39 is 0 Å². The van der Waals surface area contributed by atoms with Crippen LogP contribution in [-0.4, -0.2) is 21.3 Å². The molecule has 0 bridgehead atoms. The minimum absolute atomic E-state index is 0. The average molecular weight is 233 g/mol. The fourth-order valence-corrected chi connectivity index (χ4v) is 0. The Bertz CT molecular complexity index is 10.1. The van der Waals surface area contributed by atoms with Gasteiger partial charge in [-0.05, 0) is 0 Å². The van der Waals surface area contributed by atoms with Gasteiger partial charge in [-0.15, -0.1) is 0 Å². The molecule has 0 aromatic heterocycles. The van der Waals surface area contributed by atoms with Crippen LogP contribution in [0.1, 0.15) is 0 Å². The van der Waals surface area contributed by atoms with Gasteiger partial charge in [-0.25, -0.2) is 0 Å². The molecule has 0 atom stereocenters. The summed E-state index contributed by atoms with van der Waals surface area (Å²) in [5.41, 5.74) is 0. The molecule has 0 saturated carbocycles. The van der Waals surface area contributed by atoms with Gasteiger partial charge in [0.15, 0.2) is 0 Å². The first-order valence-corrected chi connectivity index (χ1v) is 1.22. The molecular formula is C3H9CeO3. The maximum Gasteiger partial charge on any atom is 3.00 e. The normalized spacial score (nSPS) is 2.57. The zero-order valence-electron chi connectivity index (χ0n) is 4.72. The first kappa shape index (κ1) is 24.0. The third-order valence-corrected chi connectivity index (χ3v) is 0. The third-order valence-electron chi connectivity index (χ3n) is 0. The van der Waals surface area contributed by atoms with E-state index in [0.29, 0.717) is 0 Å². The molecule has 0 amide bonds. The van der Waals surface area contributed by atoms with E-state index in [-0.39, 0.29) is 41.7 Å². The summed E-state index contributed by atoms with van der Waals surface area (Å²) in [6, 6.07) is 0. The van der Waals surface area contributed by atoms with Gasteiger partial charge >= 0.3 is 41.7 Å². The molecule has 1 radical (unpaired) electrons. The Morgan fingerprint density at radius 2 is 0.571 bits per heavy atom. The summed E-state index contributed by atoms with van der Waals surface area (Å²) in [6.07, 6.45) is 0. The molecule has 0 aromatic carbocycles. The monoisotopic (exact) mass is 233 g/mol. The molecule has 0 saturated heterocycles. The Morgan fingerprint density at radius 3 is 0.571 bits per heavy atom. The van der Waals surface area contributed by atoms with Crippen LogP contribution in [0, 0.1) is 41.7 Å². The second-order valence-electron chi connectivity index (χ2n) is 0. The fourth-order valence-electron chi connectivity index (χ4n) is 0. The van der Waals surface area contributed by atoms with E-state index >= 15 is 0 Å². The molecule has 0 rings (SSSR count). The van der Waals surface area contributed by atoms with Gasteiger partial charge in [-0.3, -0.25) is 0 Å². The first-order chi connectivity index (χ1) is 3.00. The van der Waals surface area contributed by atoms with Crippen molar-refractivity contribution in [3.63, 3.8) is 0 Å². The molecule has 3 nitrogen and oxygen atoms in total. The van der Waals surface area contributed by atoms with E-state index in [1.165, 1.54) is 0 Å². The molecule has 0 aliphatic carbocycles. The quantitative estimate of drug-likeness (QED) is 0.446. The van der Waals surface area contributed by atoms with Crippen LogP contribution in [0.15, 0.2) is 0 Å². The van der Waals surface area contributed by atoms with Crippen molar-refractivity contribution in [3.05, 3.63) is 0 Å². The van der Waals surface area contributed by atoms with E-state index in [4.69, 9.17) is 15.3 Å². The topological polar surface area (TPSA) is 69.2 Å².